The van der Waals surface area contributed by atoms with Crippen LogP contribution in [-0.4, -0.2) is 15.0 Å². The topological polar surface area (TPSA) is 56.0 Å². The standard InChI is InChI=1S/C21H25N3O2/c1-14(2)16-9-7-8-15(3)20(16)22-19(25)12-13-24-18-11-6-5-10-17(18)23(4)21(24)26/h5-11,14H,12-13H2,1-4H3,(H,22,25). The lowest BCUT2D eigenvalue weighted by atomic mass is 9.98. The molecule has 0 saturated heterocycles. The van der Waals surface area contributed by atoms with Crippen LogP contribution < -0.4 is 11.0 Å². The highest BCUT2D eigenvalue weighted by Gasteiger charge is 2.14. The lowest BCUT2D eigenvalue weighted by Gasteiger charge is -2.16. The lowest BCUT2D eigenvalue weighted by Crippen LogP contribution is -2.25. The first-order chi connectivity index (χ1) is 12.4. The zero-order valence-corrected chi connectivity index (χ0v) is 15.7. The maximum absolute atomic E-state index is 12.5. The summed E-state index contributed by atoms with van der Waals surface area (Å²) in [5, 5.41) is 3.04. The second-order valence-electron chi connectivity index (χ2n) is 6.97. The zero-order chi connectivity index (χ0) is 18.8. The number of carbonyl (C=O) groups excluding carboxylic acids is 1. The fraction of sp³-hybridized carbons (Fsp3) is 0.333. The predicted octanol–water partition coefficient (Wildman–Crippen LogP) is 3.80. The van der Waals surface area contributed by atoms with E-state index in [1.54, 1.807) is 16.2 Å². The Morgan fingerprint density at radius 2 is 1.77 bits per heavy atom. The Morgan fingerprint density at radius 1 is 1.08 bits per heavy atom. The summed E-state index contributed by atoms with van der Waals surface area (Å²) in [4.78, 5) is 25.0. The fourth-order valence-corrected chi connectivity index (χ4v) is 3.34. The second-order valence-corrected chi connectivity index (χ2v) is 6.97. The maximum Gasteiger partial charge on any atom is 0.328 e. The van der Waals surface area contributed by atoms with Crippen LogP contribution in [0.15, 0.2) is 47.3 Å². The lowest BCUT2D eigenvalue weighted by molar-refractivity contribution is -0.116. The molecule has 1 aromatic heterocycles. The molecule has 5 heteroatoms. The molecule has 2 aromatic carbocycles. The van der Waals surface area contributed by atoms with Crippen LogP contribution in [-0.2, 0) is 18.4 Å². The van der Waals surface area contributed by atoms with Crippen LogP contribution in [0, 0.1) is 6.92 Å². The third-order valence-corrected chi connectivity index (χ3v) is 4.81. The van der Waals surface area contributed by atoms with Crippen LogP contribution in [0.3, 0.4) is 0 Å². The van der Waals surface area contributed by atoms with Gasteiger partial charge in [0, 0.05) is 25.7 Å². The Morgan fingerprint density at radius 3 is 2.46 bits per heavy atom. The summed E-state index contributed by atoms with van der Waals surface area (Å²) in [5.41, 5.74) is 4.69. The van der Waals surface area contributed by atoms with Gasteiger partial charge in [0.05, 0.1) is 11.0 Å². The number of fused-ring (bicyclic) bond motifs is 1. The third kappa shape index (κ3) is 3.29. The van der Waals surface area contributed by atoms with Gasteiger partial charge < -0.3 is 5.32 Å². The average molecular weight is 351 g/mol. The molecule has 0 unspecified atom stereocenters. The number of rotatable bonds is 5. The Hall–Kier alpha value is -2.82. The minimum Gasteiger partial charge on any atom is -0.326 e. The molecular weight excluding hydrogens is 326 g/mol. The molecule has 0 radical (unpaired) electrons. The van der Waals surface area contributed by atoms with E-state index in [2.05, 4.69) is 19.2 Å². The molecule has 1 N–H and O–H groups in total. The van der Waals surface area contributed by atoms with E-state index in [1.807, 2.05) is 49.4 Å². The van der Waals surface area contributed by atoms with Gasteiger partial charge in [-0.05, 0) is 36.1 Å². The van der Waals surface area contributed by atoms with Crippen molar-refractivity contribution in [2.24, 2.45) is 7.05 Å². The maximum atomic E-state index is 12.5. The molecule has 0 aliphatic carbocycles. The number of aryl methyl sites for hydroxylation is 3. The number of hydrogen-bond donors (Lipinski definition) is 1. The molecular formula is C21H25N3O2. The van der Waals surface area contributed by atoms with E-state index in [9.17, 15) is 9.59 Å². The SMILES string of the molecule is Cc1cccc(C(C)C)c1NC(=O)CCn1c(=O)n(C)c2ccccc21. The van der Waals surface area contributed by atoms with Gasteiger partial charge in [-0.2, -0.15) is 0 Å². The molecule has 1 heterocycles. The summed E-state index contributed by atoms with van der Waals surface area (Å²) < 4.78 is 3.28. The number of para-hydroxylation sites is 3. The Labute approximate surface area is 153 Å². The molecule has 5 nitrogen and oxygen atoms in total. The fourth-order valence-electron chi connectivity index (χ4n) is 3.34. The van der Waals surface area contributed by atoms with E-state index < -0.39 is 0 Å². The molecule has 136 valence electrons. The monoisotopic (exact) mass is 351 g/mol. The molecule has 0 bridgehead atoms. The van der Waals surface area contributed by atoms with Crippen molar-refractivity contribution in [3.8, 4) is 0 Å². The van der Waals surface area contributed by atoms with Crippen LogP contribution in [0.1, 0.15) is 37.3 Å². The summed E-state index contributed by atoms with van der Waals surface area (Å²) >= 11 is 0. The van der Waals surface area contributed by atoms with Crippen LogP contribution >= 0.6 is 0 Å². The van der Waals surface area contributed by atoms with E-state index in [1.165, 1.54) is 0 Å². The van der Waals surface area contributed by atoms with Crippen molar-refractivity contribution in [3.05, 3.63) is 64.1 Å². The Kier molecular flexibility index (Phi) is 4.98. The second kappa shape index (κ2) is 7.20. The molecule has 0 aliphatic heterocycles. The molecule has 0 aliphatic rings. The van der Waals surface area contributed by atoms with Crippen molar-refractivity contribution in [2.45, 2.75) is 39.7 Å². The summed E-state index contributed by atoms with van der Waals surface area (Å²) in [6, 6.07) is 13.7. The first-order valence-corrected chi connectivity index (χ1v) is 8.93. The number of anilines is 1. The molecule has 26 heavy (non-hydrogen) atoms. The summed E-state index contributed by atoms with van der Waals surface area (Å²) in [5.74, 6) is 0.243. The summed E-state index contributed by atoms with van der Waals surface area (Å²) in [7, 11) is 1.75. The first kappa shape index (κ1) is 18.0. The van der Waals surface area contributed by atoms with Crippen molar-refractivity contribution in [3.63, 3.8) is 0 Å². The average Bonchev–Trinajstić information content (AvgIpc) is 2.86. The zero-order valence-electron chi connectivity index (χ0n) is 15.7. The van der Waals surface area contributed by atoms with E-state index in [-0.39, 0.29) is 18.0 Å². The van der Waals surface area contributed by atoms with Crippen LogP contribution in [0.5, 0.6) is 0 Å². The van der Waals surface area contributed by atoms with E-state index in [4.69, 9.17) is 0 Å². The van der Waals surface area contributed by atoms with Gasteiger partial charge in [-0.25, -0.2) is 4.79 Å². The first-order valence-electron chi connectivity index (χ1n) is 8.93. The molecule has 0 fully saturated rings. The highest BCUT2D eigenvalue weighted by molar-refractivity contribution is 5.92. The van der Waals surface area contributed by atoms with Crippen molar-refractivity contribution >= 4 is 22.6 Å². The van der Waals surface area contributed by atoms with Crippen LogP contribution in [0.2, 0.25) is 0 Å². The largest absolute Gasteiger partial charge is 0.328 e. The number of aromatic nitrogens is 2. The van der Waals surface area contributed by atoms with Gasteiger partial charge in [0.2, 0.25) is 5.91 Å². The molecule has 1 amide bonds. The highest BCUT2D eigenvalue weighted by atomic mass is 16.2. The molecule has 0 saturated carbocycles. The number of amides is 1. The minimum atomic E-state index is -0.0993. The number of carbonyl (C=O) groups is 1. The number of nitrogens with zero attached hydrogens (tertiary/aromatic N) is 2. The van der Waals surface area contributed by atoms with E-state index in [0.717, 1.165) is 27.8 Å². The van der Waals surface area contributed by atoms with Crippen molar-refractivity contribution < 1.29 is 4.79 Å². The van der Waals surface area contributed by atoms with Gasteiger partial charge in [-0.1, -0.05) is 44.2 Å². The number of imidazole rings is 1. The van der Waals surface area contributed by atoms with Gasteiger partial charge in [0.1, 0.15) is 0 Å². The molecule has 3 aromatic rings. The normalized spacial score (nSPS) is 11.3. The Balaban J connectivity index is 1.79. The quantitative estimate of drug-likeness (QED) is 0.760. The number of nitrogens with one attached hydrogen (secondary N) is 1. The molecule has 3 rings (SSSR count). The summed E-state index contributed by atoms with van der Waals surface area (Å²) in [6.07, 6.45) is 0.250. The predicted molar refractivity (Wildman–Crippen MR) is 106 cm³/mol. The number of hydrogen-bond acceptors (Lipinski definition) is 2. The van der Waals surface area contributed by atoms with Crippen molar-refractivity contribution in [2.75, 3.05) is 5.32 Å². The van der Waals surface area contributed by atoms with Gasteiger partial charge in [-0.3, -0.25) is 13.9 Å². The van der Waals surface area contributed by atoms with Crippen LogP contribution in [0.4, 0.5) is 5.69 Å². The van der Waals surface area contributed by atoms with Crippen molar-refractivity contribution in [1.29, 1.82) is 0 Å². The van der Waals surface area contributed by atoms with Crippen molar-refractivity contribution in [1.82, 2.24) is 9.13 Å². The third-order valence-electron chi connectivity index (χ3n) is 4.81. The van der Waals surface area contributed by atoms with Gasteiger partial charge >= 0.3 is 5.69 Å². The van der Waals surface area contributed by atoms with Gasteiger partial charge in [-0.15, -0.1) is 0 Å². The van der Waals surface area contributed by atoms with E-state index >= 15 is 0 Å². The molecule has 0 spiro atoms. The van der Waals surface area contributed by atoms with E-state index in [0.29, 0.717) is 12.5 Å². The smallest absolute Gasteiger partial charge is 0.326 e. The van der Waals surface area contributed by atoms with Gasteiger partial charge in [0.25, 0.3) is 0 Å². The highest BCUT2D eigenvalue weighted by Crippen LogP contribution is 2.27. The van der Waals surface area contributed by atoms with Gasteiger partial charge in [0.15, 0.2) is 0 Å². The minimum absolute atomic E-state index is 0.0824. The summed E-state index contributed by atoms with van der Waals surface area (Å²) in [6.45, 7) is 6.58. The number of benzene rings is 2. The molecule has 0 atom stereocenters. The van der Waals surface area contributed by atoms with Crippen LogP contribution in [0.25, 0.3) is 11.0 Å². The Bertz CT molecular complexity index is 1010.